The standard InChI is InChI=1S/C16H24N4O/c1-4-20(11-14-5-7-17-8-6-14)12-16-9-15(19-21-16)10-18-13(2)3/h5-9,13,18H,4,10-12H2,1-3H3. The highest BCUT2D eigenvalue weighted by Crippen LogP contribution is 2.10. The van der Waals surface area contributed by atoms with Gasteiger partial charge < -0.3 is 9.84 Å². The maximum absolute atomic E-state index is 5.42. The average Bonchev–Trinajstić information content (AvgIpc) is 2.93. The van der Waals surface area contributed by atoms with E-state index in [-0.39, 0.29) is 0 Å². The van der Waals surface area contributed by atoms with E-state index in [9.17, 15) is 0 Å². The van der Waals surface area contributed by atoms with Crippen molar-refractivity contribution in [3.63, 3.8) is 0 Å². The Kier molecular flexibility index (Phi) is 5.90. The molecular weight excluding hydrogens is 264 g/mol. The van der Waals surface area contributed by atoms with Crippen molar-refractivity contribution in [2.45, 2.75) is 46.4 Å². The van der Waals surface area contributed by atoms with Crippen LogP contribution < -0.4 is 5.32 Å². The van der Waals surface area contributed by atoms with Crippen LogP contribution in [0.1, 0.15) is 37.8 Å². The molecule has 5 nitrogen and oxygen atoms in total. The maximum Gasteiger partial charge on any atom is 0.151 e. The van der Waals surface area contributed by atoms with Gasteiger partial charge in [0.15, 0.2) is 5.76 Å². The highest BCUT2D eigenvalue weighted by molar-refractivity contribution is 5.10. The second-order valence-corrected chi connectivity index (χ2v) is 5.48. The quantitative estimate of drug-likeness (QED) is 0.809. The van der Waals surface area contributed by atoms with Crippen LogP contribution in [0.3, 0.4) is 0 Å². The van der Waals surface area contributed by atoms with Crippen LogP contribution in [0.2, 0.25) is 0 Å². The molecule has 0 aliphatic rings. The van der Waals surface area contributed by atoms with E-state index in [1.165, 1.54) is 5.56 Å². The van der Waals surface area contributed by atoms with Gasteiger partial charge in [0.1, 0.15) is 0 Å². The molecule has 21 heavy (non-hydrogen) atoms. The molecule has 0 aliphatic heterocycles. The molecule has 0 atom stereocenters. The zero-order valence-corrected chi connectivity index (χ0v) is 13.0. The summed E-state index contributed by atoms with van der Waals surface area (Å²) in [5.41, 5.74) is 2.21. The first-order chi connectivity index (χ1) is 10.2. The lowest BCUT2D eigenvalue weighted by atomic mass is 10.2. The smallest absolute Gasteiger partial charge is 0.151 e. The molecular formula is C16H24N4O. The molecule has 0 radical (unpaired) electrons. The van der Waals surface area contributed by atoms with Crippen molar-refractivity contribution in [1.82, 2.24) is 20.4 Å². The van der Waals surface area contributed by atoms with Gasteiger partial charge in [-0.05, 0) is 24.2 Å². The van der Waals surface area contributed by atoms with Gasteiger partial charge in [-0.2, -0.15) is 0 Å². The zero-order chi connectivity index (χ0) is 15.1. The second-order valence-electron chi connectivity index (χ2n) is 5.48. The summed E-state index contributed by atoms with van der Waals surface area (Å²) in [5, 5.41) is 7.45. The van der Waals surface area contributed by atoms with Gasteiger partial charge in [0.25, 0.3) is 0 Å². The fourth-order valence-corrected chi connectivity index (χ4v) is 2.07. The van der Waals surface area contributed by atoms with Crippen LogP contribution >= 0.6 is 0 Å². The molecule has 0 spiro atoms. The van der Waals surface area contributed by atoms with E-state index in [1.54, 1.807) is 0 Å². The monoisotopic (exact) mass is 288 g/mol. The number of hydrogen-bond donors (Lipinski definition) is 1. The van der Waals surface area contributed by atoms with E-state index in [0.29, 0.717) is 6.04 Å². The van der Waals surface area contributed by atoms with Crippen molar-refractivity contribution in [3.05, 3.63) is 47.6 Å². The lowest BCUT2D eigenvalue weighted by molar-refractivity contribution is 0.233. The summed E-state index contributed by atoms with van der Waals surface area (Å²) >= 11 is 0. The van der Waals surface area contributed by atoms with Gasteiger partial charge in [0.2, 0.25) is 0 Å². The molecule has 2 heterocycles. The number of nitrogens with zero attached hydrogens (tertiary/aromatic N) is 3. The lowest BCUT2D eigenvalue weighted by Crippen LogP contribution is -2.22. The SMILES string of the molecule is CCN(Cc1ccncc1)Cc1cc(CNC(C)C)no1. The van der Waals surface area contributed by atoms with Crippen molar-refractivity contribution < 1.29 is 4.52 Å². The first-order valence-corrected chi connectivity index (χ1v) is 7.46. The third-order valence-corrected chi connectivity index (χ3v) is 3.28. The van der Waals surface area contributed by atoms with E-state index < -0.39 is 0 Å². The Bertz CT molecular complexity index is 524. The summed E-state index contributed by atoms with van der Waals surface area (Å²) in [6.45, 7) is 9.76. The summed E-state index contributed by atoms with van der Waals surface area (Å²) in [7, 11) is 0. The molecule has 2 aromatic heterocycles. The fourth-order valence-electron chi connectivity index (χ4n) is 2.07. The predicted molar refractivity (Wildman–Crippen MR) is 82.5 cm³/mol. The molecule has 0 bridgehead atoms. The van der Waals surface area contributed by atoms with Crippen LogP contribution in [0.4, 0.5) is 0 Å². The molecule has 0 fully saturated rings. The molecule has 0 saturated carbocycles. The predicted octanol–water partition coefficient (Wildman–Crippen LogP) is 2.59. The van der Waals surface area contributed by atoms with Gasteiger partial charge >= 0.3 is 0 Å². The third kappa shape index (κ3) is 5.28. The Morgan fingerprint density at radius 2 is 2.00 bits per heavy atom. The van der Waals surface area contributed by atoms with Crippen molar-refractivity contribution >= 4 is 0 Å². The first kappa shape index (κ1) is 15.7. The van der Waals surface area contributed by atoms with Crippen LogP contribution in [0.25, 0.3) is 0 Å². The topological polar surface area (TPSA) is 54.2 Å². The van der Waals surface area contributed by atoms with Gasteiger partial charge in [-0.15, -0.1) is 0 Å². The average molecular weight is 288 g/mol. The maximum atomic E-state index is 5.42. The van der Waals surface area contributed by atoms with E-state index >= 15 is 0 Å². The molecule has 114 valence electrons. The van der Waals surface area contributed by atoms with Gasteiger partial charge in [-0.25, -0.2) is 0 Å². The van der Waals surface area contributed by atoms with E-state index in [4.69, 9.17) is 4.52 Å². The normalized spacial score (nSPS) is 11.5. The van der Waals surface area contributed by atoms with Crippen molar-refractivity contribution in [2.24, 2.45) is 0 Å². The number of hydrogen-bond acceptors (Lipinski definition) is 5. The van der Waals surface area contributed by atoms with Crippen LogP contribution in [0.5, 0.6) is 0 Å². The Labute approximate surface area is 126 Å². The van der Waals surface area contributed by atoms with Gasteiger partial charge in [0.05, 0.1) is 12.2 Å². The van der Waals surface area contributed by atoms with Gasteiger partial charge in [0, 0.05) is 37.6 Å². The molecule has 1 N–H and O–H groups in total. The van der Waals surface area contributed by atoms with E-state index in [0.717, 1.165) is 37.6 Å². The van der Waals surface area contributed by atoms with Crippen LogP contribution in [0.15, 0.2) is 35.1 Å². The Balaban J connectivity index is 1.89. The highest BCUT2D eigenvalue weighted by atomic mass is 16.5. The highest BCUT2D eigenvalue weighted by Gasteiger charge is 2.10. The number of pyridine rings is 1. The van der Waals surface area contributed by atoms with Crippen LogP contribution in [0, 0.1) is 0 Å². The second kappa shape index (κ2) is 7.90. The van der Waals surface area contributed by atoms with Crippen LogP contribution in [-0.2, 0) is 19.6 Å². The zero-order valence-electron chi connectivity index (χ0n) is 13.0. The number of aromatic nitrogens is 2. The molecule has 5 heteroatoms. The minimum atomic E-state index is 0.448. The molecule has 2 rings (SSSR count). The third-order valence-electron chi connectivity index (χ3n) is 3.28. The number of nitrogens with one attached hydrogen (secondary N) is 1. The molecule has 0 aromatic carbocycles. The number of rotatable bonds is 8. The minimum Gasteiger partial charge on any atom is -0.360 e. The van der Waals surface area contributed by atoms with Gasteiger partial charge in [-0.3, -0.25) is 9.88 Å². The lowest BCUT2D eigenvalue weighted by Gasteiger charge is -2.18. The summed E-state index contributed by atoms with van der Waals surface area (Å²) < 4.78 is 5.42. The molecule has 2 aromatic rings. The van der Waals surface area contributed by atoms with Crippen molar-refractivity contribution in [3.8, 4) is 0 Å². The Morgan fingerprint density at radius 3 is 2.67 bits per heavy atom. The Morgan fingerprint density at radius 1 is 1.24 bits per heavy atom. The summed E-state index contributed by atoms with van der Waals surface area (Å²) in [6.07, 6.45) is 3.65. The van der Waals surface area contributed by atoms with Gasteiger partial charge in [-0.1, -0.05) is 25.9 Å². The summed E-state index contributed by atoms with van der Waals surface area (Å²) in [6, 6.07) is 6.57. The molecule has 0 aliphatic carbocycles. The van der Waals surface area contributed by atoms with Crippen molar-refractivity contribution in [1.29, 1.82) is 0 Å². The fraction of sp³-hybridized carbons (Fsp3) is 0.500. The minimum absolute atomic E-state index is 0.448. The van der Waals surface area contributed by atoms with E-state index in [2.05, 4.69) is 41.1 Å². The largest absolute Gasteiger partial charge is 0.360 e. The molecule has 0 unspecified atom stereocenters. The molecule has 0 amide bonds. The molecule has 0 saturated heterocycles. The van der Waals surface area contributed by atoms with E-state index in [1.807, 2.05) is 30.6 Å². The van der Waals surface area contributed by atoms with Crippen molar-refractivity contribution in [2.75, 3.05) is 6.54 Å². The van der Waals surface area contributed by atoms with Crippen LogP contribution in [-0.4, -0.2) is 27.6 Å². The summed E-state index contributed by atoms with van der Waals surface area (Å²) in [5.74, 6) is 0.909. The Hall–Kier alpha value is -1.72. The summed E-state index contributed by atoms with van der Waals surface area (Å²) in [4.78, 5) is 6.36. The first-order valence-electron chi connectivity index (χ1n) is 7.46.